The summed E-state index contributed by atoms with van der Waals surface area (Å²) in [7, 11) is 1.58. The molecule has 27 heavy (non-hydrogen) atoms. The van der Waals surface area contributed by atoms with Crippen LogP contribution < -0.4 is 5.73 Å². The Morgan fingerprint density at radius 3 is 2.78 bits per heavy atom. The van der Waals surface area contributed by atoms with Crippen molar-refractivity contribution in [3.05, 3.63) is 64.7 Å². The molecular formula is C20H21FN4O2. The van der Waals surface area contributed by atoms with Gasteiger partial charge in [0.15, 0.2) is 17.6 Å². The van der Waals surface area contributed by atoms with E-state index in [4.69, 9.17) is 5.73 Å². The fourth-order valence-electron chi connectivity index (χ4n) is 3.10. The second kappa shape index (κ2) is 6.90. The number of nitrogens with two attached hydrogens (primary N) is 1. The minimum Gasteiger partial charge on any atom is -0.369 e. The molecule has 1 aromatic heterocycles. The minimum absolute atomic E-state index is 0.00392. The molecule has 7 heteroatoms. The molecule has 1 amide bonds. The summed E-state index contributed by atoms with van der Waals surface area (Å²) in [5.74, 6) is -1.00. The molecule has 2 aromatic rings. The molecule has 0 radical (unpaired) electrons. The van der Waals surface area contributed by atoms with E-state index in [-0.39, 0.29) is 30.4 Å². The van der Waals surface area contributed by atoms with Crippen LogP contribution in [-0.4, -0.2) is 34.6 Å². The molecule has 1 aliphatic heterocycles. The van der Waals surface area contributed by atoms with Crippen LogP contribution in [0.2, 0.25) is 0 Å². The highest BCUT2D eigenvalue weighted by Crippen LogP contribution is 2.33. The highest BCUT2D eigenvalue weighted by Gasteiger charge is 2.36. The van der Waals surface area contributed by atoms with Gasteiger partial charge in [-0.3, -0.25) is 14.5 Å². The fraction of sp³-hybridized carbons (Fsp3) is 0.300. The number of hydrogen-bond acceptors (Lipinski definition) is 5. The number of guanidine groups is 1. The summed E-state index contributed by atoms with van der Waals surface area (Å²) in [5, 5.41) is 0. The highest BCUT2D eigenvalue weighted by molar-refractivity contribution is 5.99. The molecule has 1 atom stereocenters. The number of halogens is 1. The van der Waals surface area contributed by atoms with E-state index in [0.29, 0.717) is 11.1 Å². The average Bonchev–Trinajstić information content (AvgIpc) is 2.59. The van der Waals surface area contributed by atoms with E-state index in [2.05, 4.69) is 9.98 Å². The Hall–Kier alpha value is -3.09. The van der Waals surface area contributed by atoms with Gasteiger partial charge in [-0.2, -0.15) is 0 Å². The smallest absolute Gasteiger partial charge is 0.231 e. The molecule has 0 bridgehead atoms. The van der Waals surface area contributed by atoms with Gasteiger partial charge < -0.3 is 5.73 Å². The number of aliphatic imine (C=N–C) groups is 1. The van der Waals surface area contributed by atoms with Gasteiger partial charge in [0.2, 0.25) is 5.91 Å². The van der Waals surface area contributed by atoms with Crippen LogP contribution in [0.5, 0.6) is 0 Å². The lowest BCUT2D eigenvalue weighted by Gasteiger charge is -2.33. The summed E-state index contributed by atoms with van der Waals surface area (Å²) >= 11 is 0. The second-order valence-electron chi connectivity index (χ2n) is 7.02. The minimum atomic E-state index is -0.805. The topological polar surface area (TPSA) is 88.7 Å². The number of carbonyl (C=O) groups excluding carboxylic acids is 2. The van der Waals surface area contributed by atoms with Crippen LogP contribution >= 0.6 is 0 Å². The third-order valence-corrected chi connectivity index (χ3v) is 4.73. The summed E-state index contributed by atoms with van der Waals surface area (Å²) in [6.45, 7) is 3.54. The van der Waals surface area contributed by atoms with Gasteiger partial charge in [-0.15, -0.1) is 0 Å². The molecule has 0 saturated carbocycles. The maximum atomic E-state index is 14.0. The molecule has 3 rings (SSSR count). The summed E-state index contributed by atoms with van der Waals surface area (Å²) in [6, 6.07) is 8.50. The summed E-state index contributed by atoms with van der Waals surface area (Å²) in [6.07, 6.45) is 1.65. The monoisotopic (exact) mass is 368 g/mol. The van der Waals surface area contributed by atoms with Crippen molar-refractivity contribution in [2.24, 2.45) is 10.7 Å². The number of rotatable bonds is 4. The zero-order valence-electron chi connectivity index (χ0n) is 15.5. The van der Waals surface area contributed by atoms with E-state index in [9.17, 15) is 14.0 Å². The van der Waals surface area contributed by atoms with Crippen molar-refractivity contribution >= 4 is 17.6 Å². The first kappa shape index (κ1) is 18.7. The number of carbonyl (C=O) groups is 2. The van der Waals surface area contributed by atoms with Gasteiger partial charge in [-0.25, -0.2) is 14.4 Å². The quantitative estimate of drug-likeness (QED) is 0.839. The molecule has 0 aliphatic carbocycles. The van der Waals surface area contributed by atoms with Crippen molar-refractivity contribution < 1.29 is 14.0 Å². The van der Waals surface area contributed by atoms with Crippen LogP contribution in [0.15, 0.2) is 41.5 Å². The van der Waals surface area contributed by atoms with Crippen molar-refractivity contribution in [3.8, 4) is 0 Å². The zero-order valence-corrected chi connectivity index (χ0v) is 15.5. The van der Waals surface area contributed by atoms with Gasteiger partial charge >= 0.3 is 0 Å². The number of aromatic nitrogens is 1. The van der Waals surface area contributed by atoms with Gasteiger partial charge in [0.25, 0.3) is 0 Å². The van der Waals surface area contributed by atoms with E-state index >= 15 is 0 Å². The molecule has 1 unspecified atom stereocenters. The lowest BCUT2D eigenvalue weighted by atomic mass is 9.86. The van der Waals surface area contributed by atoms with Crippen molar-refractivity contribution in [1.82, 2.24) is 9.88 Å². The largest absolute Gasteiger partial charge is 0.369 e. The Bertz CT molecular complexity index is 957. The average molecular weight is 368 g/mol. The lowest BCUT2D eigenvalue weighted by Crippen LogP contribution is -2.47. The lowest BCUT2D eigenvalue weighted by molar-refractivity contribution is -0.128. The predicted octanol–water partition coefficient (Wildman–Crippen LogP) is 2.35. The van der Waals surface area contributed by atoms with Gasteiger partial charge in [-0.05, 0) is 36.6 Å². The molecule has 2 N–H and O–H groups in total. The normalized spacial score (nSPS) is 19.8. The number of pyridine rings is 1. The predicted molar refractivity (Wildman–Crippen MR) is 99.8 cm³/mol. The standard InChI is InChI=1S/C20H21FN4O2/c1-12-7-15(21)18(23-11-12)16(26)9-13-5-4-6-14(8-13)20(2)10-17(27)25(3)19(22)24-20/h4-8,11H,9-10H2,1-3H3,(H2,22,24). The first-order valence-electron chi connectivity index (χ1n) is 8.56. The SMILES string of the molecule is Cc1cnc(C(=O)Cc2cccc(C3(C)CC(=O)N(C)C(N)=N3)c2)c(F)c1. The number of amides is 1. The number of ketones is 1. The van der Waals surface area contributed by atoms with E-state index in [1.54, 1.807) is 32.2 Å². The number of hydrogen-bond donors (Lipinski definition) is 1. The van der Waals surface area contributed by atoms with E-state index in [1.165, 1.54) is 17.2 Å². The summed E-state index contributed by atoms with van der Waals surface area (Å²) < 4.78 is 14.0. The van der Waals surface area contributed by atoms with Crippen LogP contribution in [-0.2, 0) is 16.8 Å². The van der Waals surface area contributed by atoms with Crippen LogP contribution in [0.25, 0.3) is 0 Å². The second-order valence-corrected chi connectivity index (χ2v) is 7.02. The van der Waals surface area contributed by atoms with Crippen molar-refractivity contribution in [2.45, 2.75) is 32.2 Å². The molecule has 140 valence electrons. The summed E-state index contributed by atoms with van der Waals surface area (Å²) in [5.41, 5.74) is 7.00. The first-order chi connectivity index (χ1) is 12.7. The molecular weight excluding hydrogens is 347 g/mol. The highest BCUT2D eigenvalue weighted by atomic mass is 19.1. The molecule has 1 aromatic carbocycles. The molecule has 0 fully saturated rings. The van der Waals surface area contributed by atoms with Crippen molar-refractivity contribution in [3.63, 3.8) is 0 Å². The van der Waals surface area contributed by atoms with E-state index in [1.807, 2.05) is 13.0 Å². The zero-order chi connectivity index (χ0) is 19.8. The maximum absolute atomic E-state index is 14.0. The molecule has 0 spiro atoms. The van der Waals surface area contributed by atoms with Gasteiger partial charge in [0, 0.05) is 19.7 Å². The molecule has 2 heterocycles. The Morgan fingerprint density at radius 1 is 1.37 bits per heavy atom. The number of nitrogens with zero attached hydrogens (tertiary/aromatic N) is 3. The van der Waals surface area contributed by atoms with Gasteiger partial charge in [0.05, 0.1) is 12.0 Å². The number of Topliss-reactive ketones (excluding diaryl/α,β-unsaturated/α-hetero) is 1. The van der Waals surface area contributed by atoms with Crippen LogP contribution in [0.1, 0.15) is 40.5 Å². The number of benzene rings is 1. The fourth-order valence-corrected chi connectivity index (χ4v) is 3.10. The Balaban J connectivity index is 1.88. The van der Waals surface area contributed by atoms with Gasteiger partial charge in [0.1, 0.15) is 5.69 Å². The number of aryl methyl sites for hydroxylation is 1. The van der Waals surface area contributed by atoms with E-state index in [0.717, 1.165) is 5.56 Å². The van der Waals surface area contributed by atoms with Crippen molar-refractivity contribution in [1.29, 1.82) is 0 Å². The molecule has 1 aliphatic rings. The van der Waals surface area contributed by atoms with Crippen molar-refractivity contribution in [2.75, 3.05) is 7.05 Å². The third-order valence-electron chi connectivity index (χ3n) is 4.73. The molecule has 0 saturated heterocycles. The maximum Gasteiger partial charge on any atom is 0.231 e. The summed E-state index contributed by atoms with van der Waals surface area (Å²) in [4.78, 5) is 34.3. The Kier molecular flexibility index (Phi) is 4.78. The van der Waals surface area contributed by atoms with E-state index < -0.39 is 17.1 Å². The third kappa shape index (κ3) is 3.72. The van der Waals surface area contributed by atoms with Crippen LogP contribution in [0.3, 0.4) is 0 Å². The van der Waals surface area contributed by atoms with Crippen LogP contribution in [0, 0.1) is 12.7 Å². The Morgan fingerprint density at radius 2 is 2.11 bits per heavy atom. The van der Waals surface area contributed by atoms with Gasteiger partial charge in [-0.1, -0.05) is 24.3 Å². The molecule has 6 nitrogen and oxygen atoms in total. The first-order valence-corrected chi connectivity index (χ1v) is 8.56. The van der Waals surface area contributed by atoms with Crippen LogP contribution in [0.4, 0.5) is 4.39 Å². The Labute approximate surface area is 156 Å².